The molecule has 2 aromatic rings. The molecule has 1 N–H and O–H groups in total. The summed E-state index contributed by atoms with van der Waals surface area (Å²) < 4.78 is 1.94. The normalized spacial score (nSPS) is 20.9. The highest BCUT2D eigenvalue weighted by Gasteiger charge is 2.18. The zero-order valence-corrected chi connectivity index (χ0v) is 10.4. The first-order valence-electron chi connectivity index (χ1n) is 6.31. The number of fused-ring (bicyclic) bond motifs is 1. The Bertz CT molecular complexity index is 538. The third-order valence-corrected chi connectivity index (χ3v) is 3.42. The molecule has 3 heterocycles. The van der Waals surface area contributed by atoms with Gasteiger partial charge in [-0.25, -0.2) is 9.50 Å². The van der Waals surface area contributed by atoms with Crippen LogP contribution in [0.5, 0.6) is 0 Å². The van der Waals surface area contributed by atoms with Crippen molar-refractivity contribution < 1.29 is 0 Å². The molecule has 0 amide bonds. The molecule has 2 aromatic heterocycles. The molecule has 0 saturated carbocycles. The van der Waals surface area contributed by atoms with Crippen molar-refractivity contribution in [1.29, 1.82) is 0 Å². The fraction of sp³-hybridized carbons (Fsp3) is 0.538. The first-order chi connectivity index (χ1) is 8.24. The largest absolute Gasteiger partial charge is 0.309 e. The molecular formula is C13H18N4. The average Bonchev–Trinajstić information content (AvgIpc) is 2.74. The summed E-state index contributed by atoms with van der Waals surface area (Å²) in [6.07, 6.45) is 3.75. The maximum absolute atomic E-state index is 4.67. The monoisotopic (exact) mass is 230 g/mol. The molecule has 1 fully saturated rings. The van der Waals surface area contributed by atoms with Crippen LogP contribution >= 0.6 is 0 Å². The number of nitrogens with zero attached hydrogens (tertiary/aromatic N) is 3. The summed E-state index contributed by atoms with van der Waals surface area (Å²) in [6.45, 7) is 5.20. The van der Waals surface area contributed by atoms with Gasteiger partial charge in [0.2, 0.25) is 0 Å². The van der Waals surface area contributed by atoms with Crippen LogP contribution in [0.2, 0.25) is 0 Å². The van der Waals surface area contributed by atoms with E-state index in [-0.39, 0.29) is 0 Å². The molecule has 0 radical (unpaired) electrons. The molecule has 1 aliphatic rings. The SMILES string of the molecule is Cc1cc(C)n2nc(C3CCCCN3)cc2n1. The maximum Gasteiger partial charge on any atom is 0.155 e. The van der Waals surface area contributed by atoms with E-state index in [9.17, 15) is 0 Å². The number of rotatable bonds is 1. The minimum atomic E-state index is 0.408. The third-order valence-electron chi connectivity index (χ3n) is 3.42. The summed E-state index contributed by atoms with van der Waals surface area (Å²) in [5, 5.41) is 8.20. The van der Waals surface area contributed by atoms with Gasteiger partial charge in [0.05, 0.1) is 11.7 Å². The molecule has 0 aliphatic carbocycles. The average molecular weight is 230 g/mol. The first-order valence-corrected chi connectivity index (χ1v) is 6.31. The van der Waals surface area contributed by atoms with Crippen LogP contribution in [0, 0.1) is 13.8 Å². The minimum absolute atomic E-state index is 0.408. The van der Waals surface area contributed by atoms with Crippen LogP contribution < -0.4 is 5.32 Å². The molecule has 0 aromatic carbocycles. The van der Waals surface area contributed by atoms with Crippen molar-refractivity contribution in [2.24, 2.45) is 0 Å². The van der Waals surface area contributed by atoms with Gasteiger partial charge in [-0.05, 0) is 39.3 Å². The van der Waals surface area contributed by atoms with Crippen LogP contribution in [0.25, 0.3) is 5.65 Å². The Kier molecular flexibility index (Phi) is 2.59. The van der Waals surface area contributed by atoms with Gasteiger partial charge in [0.1, 0.15) is 0 Å². The van der Waals surface area contributed by atoms with Crippen molar-refractivity contribution in [1.82, 2.24) is 19.9 Å². The van der Waals surface area contributed by atoms with E-state index in [2.05, 4.69) is 34.5 Å². The summed E-state index contributed by atoms with van der Waals surface area (Å²) in [6, 6.07) is 4.59. The van der Waals surface area contributed by atoms with E-state index in [0.717, 1.165) is 29.3 Å². The molecule has 0 bridgehead atoms. The molecule has 4 nitrogen and oxygen atoms in total. The van der Waals surface area contributed by atoms with E-state index < -0.39 is 0 Å². The number of hydrogen-bond acceptors (Lipinski definition) is 3. The van der Waals surface area contributed by atoms with Gasteiger partial charge < -0.3 is 5.32 Å². The van der Waals surface area contributed by atoms with Gasteiger partial charge in [0.15, 0.2) is 5.65 Å². The zero-order valence-electron chi connectivity index (χ0n) is 10.4. The second kappa shape index (κ2) is 4.11. The summed E-state index contributed by atoms with van der Waals surface area (Å²) in [4.78, 5) is 4.52. The van der Waals surface area contributed by atoms with E-state index in [0.29, 0.717) is 6.04 Å². The van der Waals surface area contributed by atoms with Gasteiger partial charge in [0.25, 0.3) is 0 Å². The topological polar surface area (TPSA) is 42.2 Å². The molecule has 0 spiro atoms. The Labute approximate surface area is 101 Å². The molecule has 1 saturated heterocycles. The van der Waals surface area contributed by atoms with Crippen LogP contribution in [-0.4, -0.2) is 21.1 Å². The van der Waals surface area contributed by atoms with Gasteiger partial charge >= 0.3 is 0 Å². The van der Waals surface area contributed by atoms with Crippen molar-refractivity contribution in [3.63, 3.8) is 0 Å². The Morgan fingerprint density at radius 1 is 1.29 bits per heavy atom. The highest BCUT2D eigenvalue weighted by molar-refractivity contribution is 5.42. The third kappa shape index (κ3) is 1.93. The quantitative estimate of drug-likeness (QED) is 0.816. The van der Waals surface area contributed by atoms with E-state index in [4.69, 9.17) is 0 Å². The van der Waals surface area contributed by atoms with Crippen LogP contribution in [0.3, 0.4) is 0 Å². The van der Waals surface area contributed by atoms with Crippen LogP contribution in [0.15, 0.2) is 12.1 Å². The van der Waals surface area contributed by atoms with E-state index >= 15 is 0 Å². The van der Waals surface area contributed by atoms with Crippen LogP contribution in [-0.2, 0) is 0 Å². The molecular weight excluding hydrogens is 212 g/mol. The van der Waals surface area contributed by atoms with Crippen LogP contribution in [0.4, 0.5) is 0 Å². The van der Waals surface area contributed by atoms with Gasteiger partial charge in [-0.3, -0.25) is 0 Å². The number of aromatic nitrogens is 3. The summed E-state index contributed by atoms with van der Waals surface area (Å²) in [7, 11) is 0. The molecule has 4 heteroatoms. The van der Waals surface area contributed by atoms with Gasteiger partial charge in [-0.1, -0.05) is 6.42 Å². The lowest BCUT2D eigenvalue weighted by atomic mass is 10.0. The van der Waals surface area contributed by atoms with E-state index in [1.54, 1.807) is 0 Å². The Morgan fingerprint density at radius 3 is 2.94 bits per heavy atom. The van der Waals surface area contributed by atoms with Gasteiger partial charge in [-0.15, -0.1) is 0 Å². The standard InChI is InChI=1S/C13H18N4/c1-9-7-10(2)17-13(15-9)8-12(16-17)11-5-3-4-6-14-11/h7-8,11,14H,3-6H2,1-2H3. The second-order valence-corrected chi connectivity index (χ2v) is 4.88. The van der Waals surface area contributed by atoms with E-state index in [1.165, 1.54) is 19.3 Å². The van der Waals surface area contributed by atoms with E-state index in [1.807, 2.05) is 11.4 Å². The van der Waals surface area contributed by atoms with Crippen molar-refractivity contribution >= 4 is 5.65 Å². The first kappa shape index (κ1) is 10.7. The minimum Gasteiger partial charge on any atom is -0.309 e. The smallest absolute Gasteiger partial charge is 0.155 e. The van der Waals surface area contributed by atoms with Crippen molar-refractivity contribution in [2.45, 2.75) is 39.2 Å². The number of nitrogens with one attached hydrogen (secondary N) is 1. The molecule has 1 unspecified atom stereocenters. The van der Waals surface area contributed by atoms with Crippen molar-refractivity contribution in [2.75, 3.05) is 6.54 Å². The highest BCUT2D eigenvalue weighted by atomic mass is 15.3. The highest BCUT2D eigenvalue weighted by Crippen LogP contribution is 2.22. The summed E-state index contributed by atoms with van der Waals surface area (Å²) >= 11 is 0. The predicted octanol–water partition coefficient (Wildman–Crippen LogP) is 2.16. The molecule has 1 atom stereocenters. The van der Waals surface area contributed by atoms with Crippen molar-refractivity contribution in [3.8, 4) is 0 Å². The Hall–Kier alpha value is -1.42. The molecule has 17 heavy (non-hydrogen) atoms. The van der Waals surface area contributed by atoms with Crippen LogP contribution in [0.1, 0.15) is 42.4 Å². The van der Waals surface area contributed by atoms with Gasteiger partial charge in [0, 0.05) is 17.5 Å². The lowest BCUT2D eigenvalue weighted by Crippen LogP contribution is -2.27. The fourth-order valence-electron chi connectivity index (χ4n) is 2.58. The molecule has 90 valence electrons. The zero-order chi connectivity index (χ0) is 11.8. The second-order valence-electron chi connectivity index (χ2n) is 4.88. The van der Waals surface area contributed by atoms with Crippen molar-refractivity contribution in [3.05, 3.63) is 29.2 Å². The lowest BCUT2D eigenvalue weighted by Gasteiger charge is -2.21. The summed E-state index contributed by atoms with van der Waals surface area (Å²) in [5.41, 5.74) is 4.29. The number of piperidine rings is 1. The Balaban J connectivity index is 2.03. The maximum atomic E-state index is 4.67. The molecule has 1 aliphatic heterocycles. The number of hydrogen-bond donors (Lipinski definition) is 1. The fourth-order valence-corrected chi connectivity index (χ4v) is 2.58. The number of aryl methyl sites for hydroxylation is 2. The lowest BCUT2D eigenvalue weighted by molar-refractivity contribution is 0.404. The van der Waals surface area contributed by atoms with Gasteiger partial charge in [-0.2, -0.15) is 5.10 Å². The molecule has 3 rings (SSSR count). The summed E-state index contributed by atoms with van der Waals surface area (Å²) in [5.74, 6) is 0. The Morgan fingerprint density at radius 2 is 2.18 bits per heavy atom. The predicted molar refractivity (Wildman–Crippen MR) is 67.1 cm³/mol.